The molecule has 2 N–H and O–H groups in total. The van der Waals surface area contributed by atoms with Crippen molar-refractivity contribution in [2.45, 2.75) is 38.2 Å². The Morgan fingerprint density at radius 1 is 1.50 bits per heavy atom. The van der Waals surface area contributed by atoms with Gasteiger partial charge in [0, 0.05) is 19.6 Å². The highest BCUT2D eigenvalue weighted by atomic mass is 16.7. The topological polar surface area (TPSA) is 44.5 Å². The fraction of sp³-hybridized carbons (Fsp3) is 1.00. The van der Waals surface area contributed by atoms with Crippen LogP contribution in [0.2, 0.25) is 0 Å². The first-order valence-corrected chi connectivity index (χ1v) is 3.66. The smallest absolute Gasteiger partial charge is 0.159 e. The Kier molecular flexibility index (Phi) is 2.65. The maximum atomic E-state index is 5.73. The highest BCUT2D eigenvalue weighted by Gasteiger charge is 2.23. The van der Waals surface area contributed by atoms with E-state index in [9.17, 15) is 0 Å². The molecule has 10 heavy (non-hydrogen) atoms. The van der Waals surface area contributed by atoms with Crippen LogP contribution in [0.25, 0.3) is 0 Å². The van der Waals surface area contributed by atoms with Crippen molar-refractivity contribution < 1.29 is 9.47 Å². The zero-order valence-corrected chi connectivity index (χ0v) is 6.54. The van der Waals surface area contributed by atoms with Gasteiger partial charge in [0.25, 0.3) is 0 Å². The first kappa shape index (κ1) is 7.98. The molecule has 1 aliphatic heterocycles. The van der Waals surface area contributed by atoms with Crippen LogP contribution in [-0.4, -0.2) is 25.5 Å². The van der Waals surface area contributed by atoms with E-state index in [1.807, 2.05) is 6.92 Å². The van der Waals surface area contributed by atoms with Crippen LogP contribution in [0.5, 0.6) is 0 Å². The fourth-order valence-electron chi connectivity index (χ4n) is 1.29. The van der Waals surface area contributed by atoms with E-state index < -0.39 is 0 Å². The summed E-state index contributed by atoms with van der Waals surface area (Å²) in [5, 5.41) is 0. The number of methoxy groups -OCH3 is 1. The van der Waals surface area contributed by atoms with E-state index in [0.29, 0.717) is 0 Å². The number of hydrogen-bond acceptors (Lipinski definition) is 3. The van der Waals surface area contributed by atoms with Crippen molar-refractivity contribution in [1.82, 2.24) is 0 Å². The summed E-state index contributed by atoms with van der Waals surface area (Å²) in [6.45, 7) is 2.02. The van der Waals surface area contributed by atoms with Gasteiger partial charge < -0.3 is 15.2 Å². The molecule has 3 atom stereocenters. The molecule has 0 aromatic heterocycles. The molecule has 0 saturated carbocycles. The third kappa shape index (κ3) is 1.94. The van der Waals surface area contributed by atoms with E-state index in [0.717, 1.165) is 12.8 Å². The lowest BCUT2D eigenvalue weighted by molar-refractivity contribution is -0.178. The predicted molar refractivity (Wildman–Crippen MR) is 38.6 cm³/mol. The van der Waals surface area contributed by atoms with Gasteiger partial charge in [0.1, 0.15) is 0 Å². The Balaban J connectivity index is 2.35. The van der Waals surface area contributed by atoms with Crippen LogP contribution in [0.1, 0.15) is 19.8 Å². The lowest BCUT2D eigenvalue weighted by Crippen LogP contribution is -2.39. The van der Waals surface area contributed by atoms with Crippen LogP contribution in [0.3, 0.4) is 0 Å². The summed E-state index contributed by atoms with van der Waals surface area (Å²) >= 11 is 0. The molecule has 3 nitrogen and oxygen atoms in total. The molecule has 0 aromatic carbocycles. The quantitative estimate of drug-likeness (QED) is 0.584. The van der Waals surface area contributed by atoms with E-state index in [2.05, 4.69) is 0 Å². The van der Waals surface area contributed by atoms with Crippen molar-refractivity contribution in [3.05, 3.63) is 0 Å². The second-order valence-electron chi connectivity index (χ2n) is 2.84. The summed E-state index contributed by atoms with van der Waals surface area (Å²) in [5.74, 6) is 0. The zero-order chi connectivity index (χ0) is 7.56. The summed E-state index contributed by atoms with van der Waals surface area (Å²) in [6.07, 6.45) is 1.92. The third-order valence-corrected chi connectivity index (χ3v) is 1.78. The summed E-state index contributed by atoms with van der Waals surface area (Å²) in [7, 11) is 1.65. The van der Waals surface area contributed by atoms with E-state index in [4.69, 9.17) is 15.2 Å². The van der Waals surface area contributed by atoms with E-state index in [-0.39, 0.29) is 18.4 Å². The molecule has 0 spiro atoms. The molecule has 1 heterocycles. The van der Waals surface area contributed by atoms with Crippen LogP contribution >= 0.6 is 0 Å². The minimum absolute atomic E-state index is 0.0845. The molecule has 0 bridgehead atoms. The van der Waals surface area contributed by atoms with Crippen molar-refractivity contribution in [1.29, 1.82) is 0 Å². The molecule has 0 aliphatic carbocycles. The third-order valence-electron chi connectivity index (χ3n) is 1.78. The summed E-state index contributed by atoms with van der Waals surface area (Å²) in [5.41, 5.74) is 5.73. The Hall–Kier alpha value is -0.120. The van der Waals surface area contributed by atoms with Gasteiger partial charge in [-0.2, -0.15) is 0 Å². The molecule has 0 radical (unpaired) electrons. The number of nitrogens with two attached hydrogens (primary N) is 1. The molecule has 3 heteroatoms. The van der Waals surface area contributed by atoms with Gasteiger partial charge in [-0.15, -0.1) is 0 Å². The maximum absolute atomic E-state index is 5.73. The number of hydrogen-bond donors (Lipinski definition) is 1. The average Bonchev–Trinajstić information content (AvgIpc) is 1.85. The van der Waals surface area contributed by atoms with Gasteiger partial charge >= 0.3 is 0 Å². The van der Waals surface area contributed by atoms with Crippen molar-refractivity contribution in [2.75, 3.05) is 7.11 Å². The Labute approximate surface area is 61.5 Å². The molecule has 60 valence electrons. The maximum Gasteiger partial charge on any atom is 0.159 e. The van der Waals surface area contributed by atoms with Gasteiger partial charge in [-0.3, -0.25) is 0 Å². The van der Waals surface area contributed by atoms with E-state index in [1.54, 1.807) is 7.11 Å². The van der Waals surface area contributed by atoms with Gasteiger partial charge in [0.15, 0.2) is 6.29 Å². The Morgan fingerprint density at radius 2 is 2.20 bits per heavy atom. The first-order chi connectivity index (χ1) is 4.72. The van der Waals surface area contributed by atoms with Gasteiger partial charge in [0.05, 0.1) is 6.10 Å². The second-order valence-corrected chi connectivity index (χ2v) is 2.84. The monoisotopic (exact) mass is 145 g/mol. The van der Waals surface area contributed by atoms with Gasteiger partial charge in [-0.05, 0) is 13.3 Å². The van der Waals surface area contributed by atoms with Crippen LogP contribution in [0, 0.1) is 0 Å². The molecule has 0 amide bonds. The first-order valence-electron chi connectivity index (χ1n) is 3.66. The summed E-state index contributed by atoms with van der Waals surface area (Å²) < 4.78 is 10.4. The standard InChI is InChI=1S/C7H15NO2/c1-5-3-6(8)4-7(9-2)10-5/h5-7H,3-4,8H2,1-2H3/t5-,6+,7-/m1/s1. The highest BCUT2D eigenvalue weighted by Crippen LogP contribution is 2.17. The number of rotatable bonds is 1. The molecule has 0 aromatic rings. The van der Waals surface area contributed by atoms with Crippen LogP contribution in [-0.2, 0) is 9.47 Å². The fourth-order valence-corrected chi connectivity index (χ4v) is 1.29. The number of ether oxygens (including phenoxy) is 2. The average molecular weight is 145 g/mol. The lowest BCUT2D eigenvalue weighted by Gasteiger charge is -2.30. The van der Waals surface area contributed by atoms with Crippen LogP contribution in [0.4, 0.5) is 0 Å². The normalized spacial score (nSPS) is 41.7. The van der Waals surface area contributed by atoms with Crippen molar-refractivity contribution in [3.8, 4) is 0 Å². The van der Waals surface area contributed by atoms with Gasteiger partial charge in [-0.25, -0.2) is 0 Å². The highest BCUT2D eigenvalue weighted by molar-refractivity contribution is 4.72. The molecular weight excluding hydrogens is 130 g/mol. The summed E-state index contributed by atoms with van der Waals surface area (Å²) in [4.78, 5) is 0. The van der Waals surface area contributed by atoms with E-state index in [1.165, 1.54) is 0 Å². The van der Waals surface area contributed by atoms with Crippen molar-refractivity contribution in [3.63, 3.8) is 0 Å². The zero-order valence-electron chi connectivity index (χ0n) is 6.54. The largest absolute Gasteiger partial charge is 0.356 e. The second kappa shape index (κ2) is 3.32. The Morgan fingerprint density at radius 3 is 2.70 bits per heavy atom. The van der Waals surface area contributed by atoms with Crippen LogP contribution < -0.4 is 5.73 Å². The molecule has 1 aliphatic rings. The van der Waals surface area contributed by atoms with Gasteiger partial charge in [-0.1, -0.05) is 0 Å². The summed E-state index contributed by atoms with van der Waals surface area (Å²) in [6, 6.07) is 0.244. The SMILES string of the molecule is CO[C@H]1C[C@@H](N)C[C@@H](C)O1. The minimum Gasteiger partial charge on any atom is -0.356 e. The van der Waals surface area contributed by atoms with E-state index >= 15 is 0 Å². The molecule has 0 unspecified atom stereocenters. The van der Waals surface area contributed by atoms with Crippen molar-refractivity contribution in [2.24, 2.45) is 5.73 Å². The van der Waals surface area contributed by atoms with Crippen molar-refractivity contribution >= 4 is 0 Å². The Bertz CT molecular complexity index is 97.8. The molecule has 1 fully saturated rings. The van der Waals surface area contributed by atoms with Crippen LogP contribution in [0.15, 0.2) is 0 Å². The molecular formula is C7H15NO2. The van der Waals surface area contributed by atoms with Gasteiger partial charge in [0.2, 0.25) is 0 Å². The lowest BCUT2D eigenvalue weighted by atomic mass is 10.0. The molecule has 1 saturated heterocycles. The predicted octanol–water partition coefficient (Wildman–Crippen LogP) is 0.485. The molecule has 1 rings (SSSR count). The minimum atomic E-state index is -0.0845.